The second kappa shape index (κ2) is 3.53. The molecule has 0 aliphatic heterocycles. The summed E-state index contributed by atoms with van der Waals surface area (Å²) in [6, 6.07) is 11.9. The van der Waals surface area contributed by atoms with Gasteiger partial charge in [-0.05, 0) is 12.1 Å². The summed E-state index contributed by atoms with van der Waals surface area (Å²) in [7, 11) is 0. The van der Waals surface area contributed by atoms with Crippen molar-refractivity contribution < 1.29 is 10.2 Å². The molecule has 3 heteroatoms. The topological polar surface area (TPSA) is 66.5 Å². The number of rotatable bonds is 1. The molecule has 0 unspecified atom stereocenters. The van der Waals surface area contributed by atoms with E-state index in [2.05, 4.69) is 0 Å². The number of hydrogen-bond acceptors (Lipinski definition) is 3. The first-order chi connectivity index (χ1) is 7.20. The molecule has 0 radical (unpaired) electrons. The minimum atomic E-state index is -0.000926. The molecular weight excluding hydrogens is 190 g/mol. The number of hydrogen-bond donors (Lipinski definition) is 3. The lowest BCUT2D eigenvalue weighted by atomic mass is 10.0. The van der Waals surface area contributed by atoms with E-state index in [-0.39, 0.29) is 11.5 Å². The van der Waals surface area contributed by atoms with Crippen LogP contribution in [0.1, 0.15) is 0 Å². The monoisotopic (exact) mass is 201 g/mol. The van der Waals surface area contributed by atoms with Crippen LogP contribution in [0.5, 0.6) is 11.5 Å². The predicted octanol–water partition coefficient (Wildman–Crippen LogP) is 2.35. The molecule has 0 fully saturated rings. The summed E-state index contributed by atoms with van der Waals surface area (Å²) in [4.78, 5) is 0. The van der Waals surface area contributed by atoms with Crippen LogP contribution in [0.3, 0.4) is 0 Å². The average Bonchev–Trinajstić information content (AvgIpc) is 2.23. The molecule has 15 heavy (non-hydrogen) atoms. The highest BCUT2D eigenvalue weighted by Crippen LogP contribution is 2.37. The molecule has 0 aliphatic rings. The highest BCUT2D eigenvalue weighted by atomic mass is 16.3. The Hall–Kier alpha value is -2.16. The summed E-state index contributed by atoms with van der Waals surface area (Å²) in [5.41, 5.74) is 6.98. The van der Waals surface area contributed by atoms with Crippen LogP contribution in [-0.2, 0) is 0 Å². The van der Waals surface area contributed by atoms with Crippen molar-refractivity contribution in [2.24, 2.45) is 0 Å². The molecule has 76 valence electrons. The summed E-state index contributed by atoms with van der Waals surface area (Å²) in [5, 5.41) is 19.4. The Balaban J connectivity index is 2.65. The van der Waals surface area contributed by atoms with E-state index in [1.807, 2.05) is 0 Å². The average molecular weight is 201 g/mol. The van der Waals surface area contributed by atoms with Crippen LogP contribution >= 0.6 is 0 Å². The highest BCUT2D eigenvalue weighted by molar-refractivity contribution is 5.79. The van der Waals surface area contributed by atoms with Crippen LogP contribution in [-0.4, -0.2) is 10.2 Å². The number of phenolic OH excluding ortho intramolecular Hbond substituents is 2. The third-order valence-electron chi connectivity index (χ3n) is 2.26. The quantitative estimate of drug-likeness (QED) is 0.490. The van der Waals surface area contributed by atoms with E-state index in [0.717, 1.165) is 0 Å². The van der Waals surface area contributed by atoms with Gasteiger partial charge in [-0.25, -0.2) is 0 Å². The lowest BCUT2D eigenvalue weighted by molar-refractivity contribution is 0.470. The summed E-state index contributed by atoms with van der Waals surface area (Å²) in [6.07, 6.45) is 0. The van der Waals surface area contributed by atoms with Crippen molar-refractivity contribution in [1.29, 1.82) is 0 Å². The molecule has 0 heterocycles. The second-order valence-corrected chi connectivity index (χ2v) is 3.26. The molecule has 3 nitrogen and oxygen atoms in total. The van der Waals surface area contributed by atoms with E-state index in [4.69, 9.17) is 5.73 Å². The van der Waals surface area contributed by atoms with Gasteiger partial charge in [0, 0.05) is 11.1 Å². The van der Waals surface area contributed by atoms with Crippen LogP contribution in [0.15, 0.2) is 42.5 Å². The Morgan fingerprint density at radius 1 is 0.800 bits per heavy atom. The Labute approximate surface area is 87.4 Å². The molecule has 0 aromatic heterocycles. The maximum atomic E-state index is 9.74. The Kier molecular flexibility index (Phi) is 2.21. The lowest BCUT2D eigenvalue weighted by Gasteiger charge is -2.08. The van der Waals surface area contributed by atoms with E-state index >= 15 is 0 Å². The normalized spacial score (nSPS) is 10.1. The number of para-hydroxylation sites is 2. The third kappa shape index (κ3) is 1.59. The fraction of sp³-hybridized carbons (Fsp3) is 0. The standard InChI is InChI=1S/C12H11NO2/c13-10-6-3-5-9(12(10)15)8-4-1-2-7-11(8)14/h1-7,14-15H,13H2. The van der Waals surface area contributed by atoms with Gasteiger partial charge in [0.25, 0.3) is 0 Å². The zero-order valence-corrected chi connectivity index (χ0v) is 8.01. The Bertz CT molecular complexity index is 495. The Morgan fingerprint density at radius 3 is 2.20 bits per heavy atom. The van der Waals surface area contributed by atoms with Crippen LogP contribution < -0.4 is 5.73 Å². The van der Waals surface area contributed by atoms with Gasteiger partial charge in [0.1, 0.15) is 11.5 Å². The van der Waals surface area contributed by atoms with Crippen LogP contribution in [0.4, 0.5) is 5.69 Å². The van der Waals surface area contributed by atoms with E-state index in [9.17, 15) is 10.2 Å². The third-order valence-corrected chi connectivity index (χ3v) is 2.26. The molecule has 0 aliphatic carbocycles. The van der Waals surface area contributed by atoms with Gasteiger partial charge in [0.15, 0.2) is 0 Å². The fourth-order valence-electron chi connectivity index (χ4n) is 1.48. The summed E-state index contributed by atoms with van der Waals surface area (Å²) >= 11 is 0. The zero-order valence-electron chi connectivity index (χ0n) is 8.01. The highest BCUT2D eigenvalue weighted by Gasteiger charge is 2.09. The van der Waals surface area contributed by atoms with Crippen molar-refractivity contribution in [3.8, 4) is 22.6 Å². The van der Waals surface area contributed by atoms with Crippen molar-refractivity contribution in [1.82, 2.24) is 0 Å². The van der Waals surface area contributed by atoms with Crippen molar-refractivity contribution in [3.05, 3.63) is 42.5 Å². The molecule has 2 aromatic carbocycles. The van der Waals surface area contributed by atoms with Crippen molar-refractivity contribution in [2.75, 3.05) is 5.73 Å². The number of anilines is 1. The van der Waals surface area contributed by atoms with Gasteiger partial charge in [0.2, 0.25) is 0 Å². The minimum Gasteiger partial charge on any atom is -0.507 e. The number of aromatic hydroxyl groups is 2. The first-order valence-electron chi connectivity index (χ1n) is 4.56. The molecular formula is C12H11NO2. The van der Waals surface area contributed by atoms with Crippen LogP contribution in [0.25, 0.3) is 11.1 Å². The van der Waals surface area contributed by atoms with Gasteiger partial charge in [-0.15, -0.1) is 0 Å². The summed E-state index contributed by atoms with van der Waals surface area (Å²) < 4.78 is 0. The fourth-order valence-corrected chi connectivity index (χ4v) is 1.48. The molecule has 4 N–H and O–H groups in total. The minimum absolute atomic E-state index is 0.000926. The van der Waals surface area contributed by atoms with Crippen molar-refractivity contribution in [3.63, 3.8) is 0 Å². The molecule has 0 bridgehead atoms. The summed E-state index contributed by atoms with van der Waals surface area (Å²) in [5.74, 6) is 0.123. The Morgan fingerprint density at radius 2 is 1.47 bits per heavy atom. The van der Waals surface area contributed by atoms with E-state index in [1.165, 1.54) is 0 Å². The van der Waals surface area contributed by atoms with E-state index in [0.29, 0.717) is 16.8 Å². The predicted molar refractivity (Wildman–Crippen MR) is 59.6 cm³/mol. The molecule has 0 spiro atoms. The number of nitrogen functional groups attached to an aromatic ring is 1. The lowest BCUT2D eigenvalue weighted by Crippen LogP contribution is -1.87. The molecule has 0 atom stereocenters. The zero-order chi connectivity index (χ0) is 10.8. The largest absolute Gasteiger partial charge is 0.507 e. The SMILES string of the molecule is Nc1cccc(-c2ccccc2O)c1O. The van der Waals surface area contributed by atoms with Crippen molar-refractivity contribution >= 4 is 5.69 Å². The molecule has 2 aromatic rings. The van der Waals surface area contributed by atoms with Crippen LogP contribution in [0.2, 0.25) is 0 Å². The maximum absolute atomic E-state index is 9.74. The van der Waals surface area contributed by atoms with Crippen molar-refractivity contribution in [2.45, 2.75) is 0 Å². The van der Waals surface area contributed by atoms with Gasteiger partial charge in [0.05, 0.1) is 5.69 Å². The van der Waals surface area contributed by atoms with Gasteiger partial charge in [-0.3, -0.25) is 0 Å². The number of phenols is 2. The number of nitrogens with two attached hydrogens (primary N) is 1. The molecule has 0 saturated carbocycles. The number of benzene rings is 2. The van der Waals surface area contributed by atoms with E-state index < -0.39 is 0 Å². The molecule has 0 saturated heterocycles. The smallest absolute Gasteiger partial charge is 0.146 e. The van der Waals surface area contributed by atoms with Gasteiger partial charge < -0.3 is 15.9 Å². The van der Waals surface area contributed by atoms with Gasteiger partial charge in [-0.1, -0.05) is 30.3 Å². The van der Waals surface area contributed by atoms with Gasteiger partial charge >= 0.3 is 0 Å². The van der Waals surface area contributed by atoms with Gasteiger partial charge in [-0.2, -0.15) is 0 Å². The molecule has 0 amide bonds. The summed E-state index contributed by atoms with van der Waals surface area (Å²) in [6.45, 7) is 0. The molecule has 2 rings (SSSR count). The first kappa shape index (κ1) is 9.40. The first-order valence-corrected chi connectivity index (χ1v) is 4.56. The van der Waals surface area contributed by atoms with Crippen LogP contribution in [0, 0.1) is 0 Å². The van der Waals surface area contributed by atoms with E-state index in [1.54, 1.807) is 42.5 Å². The maximum Gasteiger partial charge on any atom is 0.146 e. The second-order valence-electron chi connectivity index (χ2n) is 3.26.